The molecule has 1 aromatic carbocycles. The fraction of sp³-hybridized carbons (Fsp3) is 0.533. The minimum Gasteiger partial charge on any atom is -0.396 e. The maximum Gasteiger partial charge on any atom is 0.269 e. The van der Waals surface area contributed by atoms with Crippen molar-refractivity contribution in [3.05, 3.63) is 39.9 Å². The Balaban J connectivity index is 2.50. The zero-order valence-electron chi connectivity index (χ0n) is 12.4. The van der Waals surface area contributed by atoms with Gasteiger partial charge in [-0.3, -0.25) is 14.9 Å². The number of rotatable bonds is 10. The van der Waals surface area contributed by atoms with Crippen molar-refractivity contribution in [1.29, 1.82) is 0 Å². The van der Waals surface area contributed by atoms with Gasteiger partial charge in [-0.1, -0.05) is 12.8 Å². The molecule has 1 amide bonds. The highest BCUT2D eigenvalue weighted by Crippen LogP contribution is 2.27. The molecule has 0 saturated carbocycles. The zero-order valence-corrected chi connectivity index (χ0v) is 12.4. The second-order valence-corrected chi connectivity index (χ2v) is 5.30. The Labute approximate surface area is 128 Å². The van der Waals surface area contributed by atoms with Crippen LogP contribution in [0.5, 0.6) is 0 Å². The van der Waals surface area contributed by atoms with Gasteiger partial charge in [0.15, 0.2) is 0 Å². The van der Waals surface area contributed by atoms with E-state index < -0.39 is 11.0 Å². The van der Waals surface area contributed by atoms with E-state index in [1.165, 1.54) is 24.3 Å². The van der Waals surface area contributed by atoms with Gasteiger partial charge in [0.05, 0.1) is 11.0 Å². The van der Waals surface area contributed by atoms with Gasteiger partial charge in [-0.15, -0.1) is 0 Å². The molecule has 22 heavy (non-hydrogen) atoms. The molecule has 2 atom stereocenters. The maximum atomic E-state index is 10.6. The number of hydrogen-bond acceptors (Lipinski definition) is 5. The van der Waals surface area contributed by atoms with E-state index >= 15 is 0 Å². The summed E-state index contributed by atoms with van der Waals surface area (Å²) >= 11 is 0. The second-order valence-electron chi connectivity index (χ2n) is 5.30. The Morgan fingerprint density at radius 1 is 1.23 bits per heavy atom. The van der Waals surface area contributed by atoms with Crippen LogP contribution in [0.3, 0.4) is 0 Å². The number of aliphatic hydroxyl groups excluding tert-OH is 2. The highest BCUT2D eigenvalue weighted by molar-refractivity contribution is 5.73. The number of nitro groups is 1. The minimum atomic E-state index is -0.873. The molecule has 1 aromatic rings. The topological polar surface area (TPSA) is 127 Å². The summed E-state index contributed by atoms with van der Waals surface area (Å²) in [5, 5.41) is 30.2. The molecule has 0 aliphatic rings. The van der Waals surface area contributed by atoms with E-state index in [1.54, 1.807) is 0 Å². The van der Waals surface area contributed by atoms with Gasteiger partial charge in [0, 0.05) is 31.1 Å². The number of carbonyl (C=O) groups is 1. The molecule has 7 heteroatoms. The zero-order chi connectivity index (χ0) is 16.5. The van der Waals surface area contributed by atoms with E-state index in [0.717, 1.165) is 12.8 Å². The molecule has 4 N–H and O–H groups in total. The lowest BCUT2D eigenvalue weighted by Gasteiger charge is -2.21. The summed E-state index contributed by atoms with van der Waals surface area (Å²) in [6, 6.07) is 5.66. The molecule has 7 nitrogen and oxygen atoms in total. The van der Waals surface area contributed by atoms with Crippen LogP contribution in [0.25, 0.3) is 0 Å². The molecule has 2 unspecified atom stereocenters. The van der Waals surface area contributed by atoms with Crippen LogP contribution in [-0.2, 0) is 4.79 Å². The lowest BCUT2D eigenvalue weighted by Crippen LogP contribution is -2.17. The van der Waals surface area contributed by atoms with Crippen LogP contribution in [0.2, 0.25) is 0 Å². The average molecular weight is 310 g/mol. The number of non-ortho nitro benzene ring substituents is 1. The summed E-state index contributed by atoms with van der Waals surface area (Å²) < 4.78 is 0. The van der Waals surface area contributed by atoms with E-state index in [9.17, 15) is 25.1 Å². The third kappa shape index (κ3) is 5.79. The molecule has 0 aromatic heterocycles. The van der Waals surface area contributed by atoms with Gasteiger partial charge in [0.2, 0.25) is 5.91 Å². The average Bonchev–Trinajstić information content (AvgIpc) is 2.50. The minimum absolute atomic E-state index is 0.0389. The molecule has 1 rings (SSSR count). The first-order valence-electron chi connectivity index (χ1n) is 7.27. The van der Waals surface area contributed by atoms with Crippen molar-refractivity contribution in [2.75, 3.05) is 6.61 Å². The molecule has 0 fully saturated rings. The number of amides is 1. The SMILES string of the molecule is NC(=O)CCCCCC(CO)C(O)c1ccc([N+](=O)[O-])cc1. The number of nitrogens with zero attached hydrogens (tertiary/aromatic N) is 1. The van der Waals surface area contributed by atoms with Crippen LogP contribution in [0.1, 0.15) is 43.8 Å². The van der Waals surface area contributed by atoms with Gasteiger partial charge in [-0.05, 0) is 30.5 Å². The Kier molecular flexibility index (Phi) is 7.48. The number of unbranched alkanes of at least 4 members (excludes halogenated alkanes) is 2. The predicted octanol–water partition coefficient (Wildman–Crippen LogP) is 1.67. The number of aliphatic hydroxyl groups is 2. The Morgan fingerprint density at radius 2 is 1.86 bits per heavy atom. The Morgan fingerprint density at radius 3 is 2.36 bits per heavy atom. The number of carbonyl (C=O) groups excluding carboxylic acids is 1. The lowest BCUT2D eigenvalue weighted by molar-refractivity contribution is -0.384. The standard InChI is InChI=1S/C15H22N2O5/c16-14(19)5-3-1-2-4-12(10-18)15(20)11-6-8-13(9-7-11)17(21)22/h6-9,12,15,18,20H,1-5,10H2,(H2,16,19). The van der Waals surface area contributed by atoms with Crippen molar-refractivity contribution in [3.63, 3.8) is 0 Å². The van der Waals surface area contributed by atoms with Crippen LogP contribution < -0.4 is 5.73 Å². The number of primary amides is 1. The van der Waals surface area contributed by atoms with E-state index in [1.807, 2.05) is 0 Å². The summed E-state index contributed by atoms with van der Waals surface area (Å²) in [4.78, 5) is 20.7. The molecule has 0 bridgehead atoms. The molecule has 0 aliphatic heterocycles. The van der Waals surface area contributed by atoms with Gasteiger partial charge < -0.3 is 15.9 Å². The summed E-state index contributed by atoms with van der Waals surface area (Å²) in [5.41, 5.74) is 5.56. The van der Waals surface area contributed by atoms with Crippen molar-refractivity contribution in [1.82, 2.24) is 0 Å². The fourth-order valence-electron chi connectivity index (χ4n) is 2.30. The van der Waals surface area contributed by atoms with E-state index in [4.69, 9.17) is 5.73 Å². The van der Waals surface area contributed by atoms with Gasteiger partial charge in [-0.25, -0.2) is 0 Å². The van der Waals surface area contributed by atoms with E-state index in [0.29, 0.717) is 24.8 Å². The number of benzene rings is 1. The van der Waals surface area contributed by atoms with Crippen molar-refractivity contribution in [2.45, 2.75) is 38.2 Å². The van der Waals surface area contributed by atoms with Gasteiger partial charge in [0.1, 0.15) is 0 Å². The first-order chi connectivity index (χ1) is 10.5. The summed E-state index contributed by atoms with van der Waals surface area (Å²) in [7, 11) is 0. The van der Waals surface area contributed by atoms with Gasteiger partial charge in [0.25, 0.3) is 5.69 Å². The second kappa shape index (κ2) is 9.11. The molecular formula is C15H22N2O5. The molecular weight excluding hydrogens is 288 g/mol. The summed E-state index contributed by atoms with van der Waals surface area (Å²) in [6.45, 7) is -0.173. The predicted molar refractivity (Wildman–Crippen MR) is 80.9 cm³/mol. The fourth-order valence-corrected chi connectivity index (χ4v) is 2.30. The number of nitro benzene ring substituents is 1. The van der Waals surface area contributed by atoms with E-state index in [-0.39, 0.29) is 24.1 Å². The highest BCUT2D eigenvalue weighted by Gasteiger charge is 2.20. The first-order valence-corrected chi connectivity index (χ1v) is 7.27. The van der Waals surface area contributed by atoms with E-state index in [2.05, 4.69) is 0 Å². The molecule has 0 heterocycles. The van der Waals surface area contributed by atoms with Gasteiger partial charge >= 0.3 is 0 Å². The first kappa shape index (κ1) is 18.1. The van der Waals surface area contributed by atoms with Crippen molar-refractivity contribution >= 4 is 11.6 Å². The monoisotopic (exact) mass is 310 g/mol. The quantitative estimate of drug-likeness (QED) is 0.344. The Hall–Kier alpha value is -1.99. The third-order valence-electron chi connectivity index (χ3n) is 3.62. The molecule has 0 radical (unpaired) electrons. The molecule has 122 valence electrons. The van der Waals surface area contributed by atoms with Crippen LogP contribution in [0.4, 0.5) is 5.69 Å². The van der Waals surface area contributed by atoms with Crippen molar-refractivity contribution in [3.8, 4) is 0 Å². The van der Waals surface area contributed by atoms with Crippen LogP contribution in [0.15, 0.2) is 24.3 Å². The maximum absolute atomic E-state index is 10.6. The summed E-state index contributed by atoms with van der Waals surface area (Å²) in [5.74, 6) is -0.667. The normalized spacial score (nSPS) is 13.5. The van der Waals surface area contributed by atoms with Crippen LogP contribution in [-0.4, -0.2) is 27.7 Å². The highest BCUT2D eigenvalue weighted by atomic mass is 16.6. The van der Waals surface area contributed by atoms with Gasteiger partial charge in [-0.2, -0.15) is 0 Å². The van der Waals surface area contributed by atoms with Crippen molar-refractivity contribution < 1.29 is 19.9 Å². The molecule has 0 aliphatic carbocycles. The van der Waals surface area contributed by atoms with Crippen molar-refractivity contribution in [2.24, 2.45) is 11.7 Å². The summed E-state index contributed by atoms with van der Waals surface area (Å²) in [6.07, 6.45) is 2.33. The smallest absolute Gasteiger partial charge is 0.269 e. The molecule has 0 saturated heterocycles. The number of nitrogens with two attached hydrogens (primary N) is 1. The van der Waals surface area contributed by atoms with Crippen LogP contribution >= 0.6 is 0 Å². The Bertz CT molecular complexity index is 489. The third-order valence-corrected chi connectivity index (χ3v) is 3.62. The number of hydrogen-bond donors (Lipinski definition) is 3. The van der Waals surface area contributed by atoms with Crippen LogP contribution in [0, 0.1) is 16.0 Å². The molecule has 0 spiro atoms. The largest absolute Gasteiger partial charge is 0.396 e. The lowest BCUT2D eigenvalue weighted by atomic mass is 9.91.